The Balaban J connectivity index is 2.49. The number of carbonyl (C=O) groups is 1. The average Bonchev–Trinajstić information content (AvgIpc) is 2.47. The van der Waals surface area contributed by atoms with Crippen LogP contribution in [0, 0.1) is 0 Å². The number of benzene rings is 1. The third-order valence-electron chi connectivity index (χ3n) is 3.13. The molecule has 1 rings (SSSR count). The van der Waals surface area contributed by atoms with E-state index >= 15 is 0 Å². The number of nitrogens with one attached hydrogen (secondary N) is 1. The van der Waals surface area contributed by atoms with E-state index in [9.17, 15) is 26.4 Å². The van der Waals surface area contributed by atoms with Crippen LogP contribution in [0.1, 0.15) is 45.4 Å². The predicted octanol–water partition coefficient (Wildman–Crippen LogP) is 4.21. The van der Waals surface area contributed by atoms with Gasteiger partial charge in [0.15, 0.2) is 0 Å². The second kappa shape index (κ2) is 8.91. The van der Waals surface area contributed by atoms with E-state index in [1.165, 1.54) is 16.9 Å². The number of esters is 1. The summed E-state index contributed by atoms with van der Waals surface area (Å²) in [7, 11) is -5.46. The van der Waals surface area contributed by atoms with Crippen LogP contribution in [0.2, 0.25) is 0 Å². The van der Waals surface area contributed by atoms with Crippen LogP contribution in [0.5, 0.6) is 5.75 Å². The second-order valence-corrected chi connectivity index (χ2v) is 6.89. The smallest absolute Gasteiger partial charge is 0.427 e. The van der Waals surface area contributed by atoms with Crippen LogP contribution in [0.4, 0.5) is 18.9 Å². The van der Waals surface area contributed by atoms with Crippen molar-refractivity contribution in [2.45, 2.75) is 51.0 Å². The number of carbonyl (C=O) groups excluding carboxylic acids is 1. The van der Waals surface area contributed by atoms with Gasteiger partial charge in [0, 0.05) is 12.1 Å². The lowest BCUT2D eigenvalue weighted by Crippen LogP contribution is -2.29. The molecule has 0 saturated carbocycles. The molecule has 9 heteroatoms. The molecular formula is C15H20F3NO4S. The van der Waals surface area contributed by atoms with Gasteiger partial charge < -0.3 is 4.74 Å². The fourth-order valence-electron chi connectivity index (χ4n) is 1.86. The van der Waals surface area contributed by atoms with Crippen LogP contribution in [0.3, 0.4) is 0 Å². The van der Waals surface area contributed by atoms with Crippen molar-refractivity contribution in [2.24, 2.45) is 0 Å². The number of hydrogen-bond donors (Lipinski definition) is 1. The maximum absolute atomic E-state index is 12.2. The Morgan fingerprint density at radius 3 is 2.21 bits per heavy atom. The molecule has 24 heavy (non-hydrogen) atoms. The average molecular weight is 367 g/mol. The standard InChI is InChI=1S/C15H20F3NO4S/c1-2-3-4-5-6-7-14(20)23-13-10-8-12(9-11-13)19-24(21,22)15(16,17)18/h8-11,19H,2-7H2,1H3. The van der Waals surface area contributed by atoms with Gasteiger partial charge in [-0.05, 0) is 30.7 Å². The Morgan fingerprint density at radius 1 is 1.08 bits per heavy atom. The van der Waals surface area contributed by atoms with Gasteiger partial charge in [-0.3, -0.25) is 9.52 Å². The van der Waals surface area contributed by atoms with Crippen LogP contribution in [-0.2, 0) is 14.8 Å². The first-order valence-electron chi connectivity index (χ1n) is 7.55. The van der Waals surface area contributed by atoms with Crippen LogP contribution < -0.4 is 9.46 Å². The number of alkyl halides is 3. The maximum Gasteiger partial charge on any atom is 0.516 e. The molecule has 0 atom stereocenters. The lowest BCUT2D eigenvalue weighted by Gasteiger charge is -2.11. The Hall–Kier alpha value is -1.77. The highest BCUT2D eigenvalue weighted by atomic mass is 32.2. The van der Waals surface area contributed by atoms with Crippen molar-refractivity contribution in [3.8, 4) is 5.75 Å². The van der Waals surface area contributed by atoms with Crippen molar-refractivity contribution in [1.29, 1.82) is 0 Å². The number of halogens is 3. The number of anilines is 1. The van der Waals surface area contributed by atoms with Gasteiger partial charge in [-0.2, -0.15) is 21.6 Å². The number of ether oxygens (including phenoxy) is 1. The summed E-state index contributed by atoms with van der Waals surface area (Å²) in [5.74, 6) is -0.293. The van der Waals surface area contributed by atoms with E-state index in [4.69, 9.17) is 4.74 Å². The van der Waals surface area contributed by atoms with Crippen molar-refractivity contribution in [3.05, 3.63) is 24.3 Å². The fraction of sp³-hybridized carbons (Fsp3) is 0.533. The molecule has 0 aliphatic carbocycles. The topological polar surface area (TPSA) is 72.5 Å². The zero-order valence-electron chi connectivity index (χ0n) is 13.2. The number of unbranched alkanes of at least 4 members (excludes halogenated alkanes) is 4. The van der Waals surface area contributed by atoms with Gasteiger partial charge >= 0.3 is 21.5 Å². The molecule has 5 nitrogen and oxygen atoms in total. The summed E-state index contributed by atoms with van der Waals surface area (Å²) in [6.07, 6.45) is 5.17. The van der Waals surface area contributed by atoms with Gasteiger partial charge in [-0.1, -0.05) is 32.6 Å². The summed E-state index contributed by atoms with van der Waals surface area (Å²) in [5.41, 5.74) is -5.66. The Kier molecular flexibility index (Phi) is 7.53. The molecule has 1 N–H and O–H groups in total. The predicted molar refractivity (Wildman–Crippen MR) is 84.1 cm³/mol. The number of rotatable bonds is 9. The van der Waals surface area contributed by atoms with Crippen LogP contribution in [-0.4, -0.2) is 19.9 Å². The van der Waals surface area contributed by atoms with Gasteiger partial charge in [0.2, 0.25) is 0 Å². The van der Waals surface area contributed by atoms with Crippen molar-refractivity contribution in [3.63, 3.8) is 0 Å². The zero-order chi connectivity index (χ0) is 18.2. The number of hydrogen-bond acceptors (Lipinski definition) is 4. The molecule has 0 saturated heterocycles. The SMILES string of the molecule is CCCCCCCC(=O)Oc1ccc(NS(=O)(=O)C(F)(F)F)cc1. The van der Waals surface area contributed by atoms with Gasteiger partial charge in [-0.25, -0.2) is 0 Å². The van der Waals surface area contributed by atoms with E-state index in [0.717, 1.165) is 37.8 Å². The van der Waals surface area contributed by atoms with Gasteiger partial charge in [0.05, 0.1) is 0 Å². The summed E-state index contributed by atoms with van der Waals surface area (Å²) in [6.45, 7) is 2.09. The van der Waals surface area contributed by atoms with Crippen LogP contribution in [0.15, 0.2) is 24.3 Å². The minimum atomic E-state index is -5.46. The summed E-state index contributed by atoms with van der Waals surface area (Å²) in [5, 5.41) is 0. The minimum absolute atomic E-state index is 0.142. The summed E-state index contributed by atoms with van der Waals surface area (Å²) in [4.78, 5) is 11.6. The third kappa shape index (κ3) is 6.77. The Labute approximate surface area is 139 Å². The van der Waals surface area contributed by atoms with E-state index in [1.807, 2.05) is 0 Å². The summed E-state index contributed by atoms with van der Waals surface area (Å²) < 4.78 is 65.1. The molecule has 0 radical (unpaired) electrons. The molecule has 0 spiro atoms. The van der Waals surface area contributed by atoms with Gasteiger partial charge in [0.1, 0.15) is 5.75 Å². The quantitative estimate of drug-likeness (QED) is 0.403. The molecular weight excluding hydrogens is 347 g/mol. The van der Waals surface area contributed by atoms with Gasteiger partial charge in [-0.15, -0.1) is 0 Å². The highest BCUT2D eigenvalue weighted by molar-refractivity contribution is 7.93. The Bertz CT molecular complexity index is 627. The number of sulfonamides is 1. The molecule has 0 aliphatic heterocycles. The van der Waals surface area contributed by atoms with Crippen LogP contribution >= 0.6 is 0 Å². The second-order valence-electron chi connectivity index (χ2n) is 5.21. The molecule has 0 bridgehead atoms. The molecule has 136 valence electrons. The monoisotopic (exact) mass is 367 g/mol. The maximum atomic E-state index is 12.2. The lowest BCUT2D eigenvalue weighted by molar-refractivity contribution is -0.134. The van der Waals surface area contributed by atoms with Crippen molar-refractivity contribution < 1.29 is 31.1 Å². The largest absolute Gasteiger partial charge is 0.516 e. The van der Waals surface area contributed by atoms with Gasteiger partial charge in [0.25, 0.3) is 0 Å². The van der Waals surface area contributed by atoms with Crippen LogP contribution in [0.25, 0.3) is 0 Å². The highest BCUT2D eigenvalue weighted by Gasteiger charge is 2.45. The molecule has 1 aromatic rings. The van der Waals surface area contributed by atoms with Crippen molar-refractivity contribution >= 4 is 21.7 Å². The zero-order valence-corrected chi connectivity index (χ0v) is 14.0. The fourth-order valence-corrected chi connectivity index (χ4v) is 2.42. The summed E-state index contributed by atoms with van der Waals surface area (Å²) in [6, 6.07) is 4.63. The molecule has 0 aromatic heterocycles. The van der Waals surface area contributed by atoms with Crippen molar-refractivity contribution in [2.75, 3.05) is 4.72 Å². The first kappa shape index (κ1) is 20.3. The first-order chi connectivity index (χ1) is 11.2. The third-order valence-corrected chi connectivity index (χ3v) is 4.24. The summed E-state index contributed by atoms with van der Waals surface area (Å²) >= 11 is 0. The molecule has 0 fully saturated rings. The molecule has 0 amide bonds. The molecule has 0 aliphatic rings. The Morgan fingerprint density at radius 2 is 1.67 bits per heavy atom. The molecule has 1 aromatic carbocycles. The van der Waals surface area contributed by atoms with E-state index in [-0.39, 0.29) is 17.9 Å². The molecule has 0 heterocycles. The van der Waals surface area contributed by atoms with E-state index in [0.29, 0.717) is 6.42 Å². The van der Waals surface area contributed by atoms with E-state index in [2.05, 4.69) is 6.92 Å². The normalized spacial score (nSPS) is 12.0. The highest BCUT2D eigenvalue weighted by Crippen LogP contribution is 2.26. The minimum Gasteiger partial charge on any atom is -0.427 e. The van der Waals surface area contributed by atoms with E-state index < -0.39 is 21.5 Å². The van der Waals surface area contributed by atoms with E-state index in [1.54, 1.807) is 0 Å². The lowest BCUT2D eigenvalue weighted by atomic mass is 10.1. The van der Waals surface area contributed by atoms with Crippen molar-refractivity contribution in [1.82, 2.24) is 0 Å². The molecule has 0 unspecified atom stereocenters. The first-order valence-corrected chi connectivity index (χ1v) is 9.04.